The molecule has 5 heteroatoms. The lowest BCUT2D eigenvalue weighted by atomic mass is 10.4. The third-order valence-corrected chi connectivity index (χ3v) is 2.90. The molecule has 86 valence electrons. The van der Waals surface area contributed by atoms with Gasteiger partial charge in [0, 0.05) is 6.54 Å². The molecule has 0 fully saturated rings. The van der Waals surface area contributed by atoms with Crippen LogP contribution in [0, 0.1) is 0 Å². The molecule has 4 nitrogen and oxygen atoms in total. The van der Waals surface area contributed by atoms with Gasteiger partial charge in [0.25, 0.3) is 0 Å². The number of nitrogens with one attached hydrogen (secondary N) is 1. The maximum Gasteiger partial charge on any atom is 0.233 e. The van der Waals surface area contributed by atoms with Crippen LogP contribution in [0.15, 0.2) is 36.0 Å². The van der Waals surface area contributed by atoms with Crippen molar-refractivity contribution in [1.29, 1.82) is 0 Å². The van der Waals surface area contributed by atoms with E-state index in [1.165, 1.54) is 11.8 Å². The lowest BCUT2D eigenvalue weighted by Crippen LogP contribution is -2.30. The van der Waals surface area contributed by atoms with Crippen LogP contribution in [0.5, 0.6) is 0 Å². The normalized spacial score (nSPS) is 11.8. The summed E-state index contributed by atoms with van der Waals surface area (Å²) >= 11 is 1.40. The Morgan fingerprint density at radius 3 is 3.06 bits per heavy atom. The highest BCUT2D eigenvalue weighted by molar-refractivity contribution is 8.00. The van der Waals surface area contributed by atoms with Crippen molar-refractivity contribution < 1.29 is 4.79 Å². The SMILES string of the molecule is C=CCNC(=O)C(C)Sc1ccc(N)cn1. The van der Waals surface area contributed by atoms with Crippen molar-refractivity contribution >= 4 is 23.4 Å². The highest BCUT2D eigenvalue weighted by Crippen LogP contribution is 2.21. The van der Waals surface area contributed by atoms with Gasteiger partial charge in [-0.3, -0.25) is 4.79 Å². The third-order valence-electron chi connectivity index (χ3n) is 1.85. The molecule has 0 aromatic carbocycles. The largest absolute Gasteiger partial charge is 0.397 e. The van der Waals surface area contributed by atoms with Gasteiger partial charge in [-0.2, -0.15) is 0 Å². The molecule has 1 aromatic heterocycles. The molecule has 0 radical (unpaired) electrons. The molecule has 0 aliphatic carbocycles. The maximum absolute atomic E-state index is 11.5. The number of nitrogens with zero attached hydrogens (tertiary/aromatic N) is 1. The van der Waals surface area contributed by atoms with Gasteiger partial charge in [0.05, 0.1) is 22.2 Å². The van der Waals surface area contributed by atoms with Crippen molar-refractivity contribution in [1.82, 2.24) is 10.3 Å². The van der Waals surface area contributed by atoms with Gasteiger partial charge in [0.15, 0.2) is 0 Å². The smallest absolute Gasteiger partial charge is 0.233 e. The summed E-state index contributed by atoms with van der Waals surface area (Å²) in [4.78, 5) is 15.7. The monoisotopic (exact) mass is 237 g/mol. The quantitative estimate of drug-likeness (QED) is 0.601. The summed E-state index contributed by atoms with van der Waals surface area (Å²) in [5.74, 6) is -0.0245. The molecule has 0 aliphatic rings. The predicted octanol–water partition coefficient (Wildman–Crippen LogP) is 1.45. The lowest BCUT2D eigenvalue weighted by molar-refractivity contribution is -0.120. The number of amides is 1. The van der Waals surface area contributed by atoms with E-state index in [1.807, 2.05) is 6.92 Å². The Hall–Kier alpha value is -1.49. The van der Waals surface area contributed by atoms with E-state index in [0.717, 1.165) is 5.03 Å². The second-order valence-electron chi connectivity index (χ2n) is 3.22. The van der Waals surface area contributed by atoms with Crippen LogP contribution < -0.4 is 11.1 Å². The number of rotatable bonds is 5. The van der Waals surface area contributed by atoms with E-state index in [9.17, 15) is 4.79 Å². The fourth-order valence-electron chi connectivity index (χ4n) is 1.01. The zero-order valence-corrected chi connectivity index (χ0v) is 9.96. The van der Waals surface area contributed by atoms with Crippen LogP contribution in [0.2, 0.25) is 0 Å². The molecule has 0 bridgehead atoms. The molecule has 0 spiro atoms. The molecule has 1 rings (SSSR count). The van der Waals surface area contributed by atoms with Gasteiger partial charge in [-0.05, 0) is 19.1 Å². The highest BCUT2D eigenvalue weighted by atomic mass is 32.2. The molecule has 3 N–H and O–H groups in total. The molecular weight excluding hydrogens is 222 g/mol. The number of hydrogen-bond acceptors (Lipinski definition) is 4. The number of aromatic nitrogens is 1. The standard InChI is InChI=1S/C11H15N3OS/c1-3-6-13-11(15)8(2)16-10-5-4-9(12)7-14-10/h3-5,7-8H,1,6,12H2,2H3,(H,13,15). The zero-order valence-electron chi connectivity index (χ0n) is 9.14. The molecule has 16 heavy (non-hydrogen) atoms. The van der Waals surface area contributed by atoms with E-state index < -0.39 is 0 Å². The summed E-state index contributed by atoms with van der Waals surface area (Å²) in [5, 5.41) is 3.34. The molecule has 1 heterocycles. The van der Waals surface area contributed by atoms with E-state index in [-0.39, 0.29) is 11.2 Å². The number of thioether (sulfide) groups is 1. The summed E-state index contributed by atoms with van der Waals surface area (Å²) in [7, 11) is 0. The van der Waals surface area contributed by atoms with Crippen LogP contribution >= 0.6 is 11.8 Å². The van der Waals surface area contributed by atoms with Gasteiger partial charge < -0.3 is 11.1 Å². The fraction of sp³-hybridized carbons (Fsp3) is 0.273. The van der Waals surface area contributed by atoms with Crippen LogP contribution in [0.3, 0.4) is 0 Å². The number of carbonyl (C=O) groups excluding carboxylic acids is 1. The average molecular weight is 237 g/mol. The molecule has 1 atom stereocenters. The molecule has 1 aromatic rings. The van der Waals surface area contributed by atoms with Crippen molar-refractivity contribution in [2.75, 3.05) is 12.3 Å². The number of anilines is 1. The van der Waals surface area contributed by atoms with E-state index in [0.29, 0.717) is 12.2 Å². The summed E-state index contributed by atoms with van der Waals surface area (Å²) in [5.41, 5.74) is 6.14. The third kappa shape index (κ3) is 3.94. The molecule has 0 saturated heterocycles. The number of carbonyl (C=O) groups is 1. The van der Waals surface area contributed by atoms with Crippen molar-refractivity contribution in [2.45, 2.75) is 17.2 Å². The van der Waals surface area contributed by atoms with Crippen LogP contribution in [0.1, 0.15) is 6.92 Å². The van der Waals surface area contributed by atoms with E-state index in [1.54, 1.807) is 24.4 Å². The summed E-state index contributed by atoms with van der Waals surface area (Å²) in [6.07, 6.45) is 3.23. The van der Waals surface area contributed by atoms with Gasteiger partial charge in [-0.1, -0.05) is 17.8 Å². The Morgan fingerprint density at radius 2 is 2.50 bits per heavy atom. The first-order chi connectivity index (χ1) is 7.63. The molecular formula is C11H15N3OS. The van der Waals surface area contributed by atoms with Gasteiger partial charge in [-0.25, -0.2) is 4.98 Å². The highest BCUT2D eigenvalue weighted by Gasteiger charge is 2.13. The lowest BCUT2D eigenvalue weighted by Gasteiger charge is -2.10. The molecule has 1 amide bonds. The minimum Gasteiger partial charge on any atom is -0.397 e. The number of pyridine rings is 1. The fourth-order valence-corrected chi connectivity index (χ4v) is 1.83. The Bertz CT molecular complexity index is 364. The Labute approximate surface area is 99.3 Å². The Morgan fingerprint density at radius 1 is 1.75 bits per heavy atom. The molecule has 0 aliphatic heterocycles. The van der Waals surface area contributed by atoms with Crippen LogP contribution in [-0.2, 0) is 4.79 Å². The molecule has 1 unspecified atom stereocenters. The summed E-state index contributed by atoms with van der Waals surface area (Å²) < 4.78 is 0. The Balaban J connectivity index is 2.50. The summed E-state index contributed by atoms with van der Waals surface area (Å²) in [6.45, 7) is 5.86. The minimum atomic E-state index is -0.184. The second-order valence-corrected chi connectivity index (χ2v) is 4.58. The van der Waals surface area contributed by atoms with Crippen LogP contribution in [0.4, 0.5) is 5.69 Å². The van der Waals surface area contributed by atoms with Gasteiger partial charge in [-0.15, -0.1) is 6.58 Å². The first-order valence-electron chi connectivity index (χ1n) is 4.90. The second kappa shape index (κ2) is 6.17. The number of nitrogens with two attached hydrogens (primary N) is 1. The summed E-state index contributed by atoms with van der Waals surface area (Å²) in [6, 6.07) is 3.57. The minimum absolute atomic E-state index is 0.0245. The van der Waals surface area contributed by atoms with Crippen molar-refractivity contribution in [3.8, 4) is 0 Å². The van der Waals surface area contributed by atoms with E-state index in [4.69, 9.17) is 5.73 Å². The van der Waals surface area contributed by atoms with E-state index >= 15 is 0 Å². The topological polar surface area (TPSA) is 68.0 Å². The first-order valence-corrected chi connectivity index (χ1v) is 5.78. The van der Waals surface area contributed by atoms with Crippen LogP contribution in [0.25, 0.3) is 0 Å². The Kier molecular flexibility index (Phi) is 4.85. The predicted molar refractivity (Wildman–Crippen MR) is 67.2 cm³/mol. The average Bonchev–Trinajstić information content (AvgIpc) is 2.29. The van der Waals surface area contributed by atoms with Gasteiger partial charge >= 0.3 is 0 Å². The number of hydrogen-bond donors (Lipinski definition) is 2. The maximum atomic E-state index is 11.5. The zero-order chi connectivity index (χ0) is 12.0. The van der Waals surface area contributed by atoms with Crippen molar-refractivity contribution in [2.24, 2.45) is 0 Å². The number of nitrogen functional groups attached to an aromatic ring is 1. The van der Waals surface area contributed by atoms with Gasteiger partial charge in [0.1, 0.15) is 0 Å². The molecule has 0 saturated carbocycles. The first kappa shape index (κ1) is 12.6. The van der Waals surface area contributed by atoms with Crippen molar-refractivity contribution in [3.63, 3.8) is 0 Å². The van der Waals surface area contributed by atoms with Gasteiger partial charge in [0.2, 0.25) is 5.91 Å². The van der Waals surface area contributed by atoms with E-state index in [2.05, 4.69) is 16.9 Å². The van der Waals surface area contributed by atoms with Crippen molar-refractivity contribution in [3.05, 3.63) is 31.0 Å². The van der Waals surface area contributed by atoms with Crippen LogP contribution in [-0.4, -0.2) is 22.7 Å².